The van der Waals surface area contributed by atoms with Gasteiger partial charge in [0.25, 0.3) is 0 Å². The number of aliphatic carboxylic acids is 1. The van der Waals surface area contributed by atoms with Gasteiger partial charge in [-0.15, -0.1) is 0 Å². The summed E-state index contributed by atoms with van der Waals surface area (Å²) in [5, 5.41) is 8.46. The van der Waals surface area contributed by atoms with Crippen molar-refractivity contribution in [3.05, 3.63) is 0 Å². The van der Waals surface area contributed by atoms with Crippen molar-refractivity contribution < 1.29 is 27.9 Å². The number of carboxylic acid groups (broad SMARTS) is 1. The molecule has 0 spiro atoms. The second-order valence-electron chi connectivity index (χ2n) is 2.94. The molecule has 0 saturated carbocycles. The van der Waals surface area contributed by atoms with Crippen molar-refractivity contribution in [1.29, 1.82) is 0 Å². The molecular weight excluding hydrogens is 247 g/mol. The van der Waals surface area contributed by atoms with Crippen LogP contribution in [0.15, 0.2) is 0 Å². The molecule has 1 amide bonds. The molecule has 0 bridgehead atoms. The fraction of sp³-hybridized carbons (Fsp3) is 0.750. The zero-order valence-electron chi connectivity index (χ0n) is 8.58. The van der Waals surface area contributed by atoms with Gasteiger partial charge in [0, 0.05) is 6.54 Å². The Morgan fingerprint density at radius 3 is 2.31 bits per heavy atom. The van der Waals surface area contributed by atoms with Crippen LogP contribution >= 0.6 is 11.8 Å². The second kappa shape index (κ2) is 6.62. The van der Waals surface area contributed by atoms with Gasteiger partial charge in [-0.05, 0) is 18.2 Å². The van der Waals surface area contributed by atoms with Gasteiger partial charge in [0.15, 0.2) is 0 Å². The summed E-state index contributed by atoms with van der Waals surface area (Å²) < 4.78 is 35.4. The Hall–Kier alpha value is -0.920. The quantitative estimate of drug-likeness (QED) is 0.786. The zero-order valence-corrected chi connectivity index (χ0v) is 9.40. The molecule has 0 aromatic carbocycles. The standard InChI is InChI=1S/C8H12F3NO3S/c1-2-3-12(4-7(14)15)6(13)5-16-8(9,10)11/h2-5H2,1H3,(H,14,15). The van der Waals surface area contributed by atoms with Gasteiger partial charge >= 0.3 is 11.5 Å². The number of thioether (sulfide) groups is 1. The number of carbonyl (C=O) groups is 2. The molecule has 0 aromatic heterocycles. The number of rotatable bonds is 6. The Kier molecular flexibility index (Phi) is 6.24. The van der Waals surface area contributed by atoms with Crippen molar-refractivity contribution in [1.82, 2.24) is 4.90 Å². The first-order valence-electron chi connectivity index (χ1n) is 4.46. The Bertz CT molecular complexity index is 257. The molecule has 0 aromatic rings. The highest BCUT2D eigenvalue weighted by Gasteiger charge is 2.30. The van der Waals surface area contributed by atoms with Crippen LogP contribution in [0, 0.1) is 0 Å². The van der Waals surface area contributed by atoms with Crippen LogP contribution in [0.4, 0.5) is 13.2 Å². The number of carboxylic acids is 1. The Balaban J connectivity index is 4.22. The first-order chi connectivity index (χ1) is 7.26. The van der Waals surface area contributed by atoms with Gasteiger partial charge in [-0.3, -0.25) is 9.59 Å². The third-order valence-corrected chi connectivity index (χ3v) is 2.25. The van der Waals surface area contributed by atoms with Crippen molar-refractivity contribution in [2.75, 3.05) is 18.8 Å². The van der Waals surface area contributed by atoms with Crippen molar-refractivity contribution in [2.45, 2.75) is 18.9 Å². The number of nitrogens with zero attached hydrogens (tertiary/aromatic N) is 1. The topological polar surface area (TPSA) is 57.6 Å². The first kappa shape index (κ1) is 15.1. The van der Waals surface area contributed by atoms with Crippen molar-refractivity contribution in [3.8, 4) is 0 Å². The van der Waals surface area contributed by atoms with Crippen LogP contribution in [-0.2, 0) is 9.59 Å². The predicted octanol–water partition coefficient (Wildman–Crippen LogP) is 1.56. The number of alkyl halides is 3. The van der Waals surface area contributed by atoms with Crippen LogP contribution in [0.3, 0.4) is 0 Å². The van der Waals surface area contributed by atoms with E-state index in [9.17, 15) is 22.8 Å². The van der Waals surface area contributed by atoms with E-state index >= 15 is 0 Å². The van der Waals surface area contributed by atoms with E-state index in [1.807, 2.05) is 0 Å². The molecule has 0 atom stereocenters. The number of halogens is 3. The van der Waals surface area contributed by atoms with Crippen LogP contribution in [0.5, 0.6) is 0 Å². The highest BCUT2D eigenvalue weighted by atomic mass is 32.2. The summed E-state index contributed by atoms with van der Waals surface area (Å²) in [6.45, 7) is 1.29. The Morgan fingerprint density at radius 1 is 1.38 bits per heavy atom. The van der Waals surface area contributed by atoms with Gasteiger partial charge in [-0.1, -0.05) is 6.92 Å². The summed E-state index contributed by atoms with van der Waals surface area (Å²) in [6, 6.07) is 0. The highest BCUT2D eigenvalue weighted by Crippen LogP contribution is 2.30. The van der Waals surface area contributed by atoms with E-state index in [1.165, 1.54) is 0 Å². The highest BCUT2D eigenvalue weighted by molar-refractivity contribution is 8.00. The first-order valence-corrected chi connectivity index (χ1v) is 5.45. The lowest BCUT2D eigenvalue weighted by molar-refractivity contribution is -0.143. The molecule has 0 heterocycles. The molecule has 0 unspecified atom stereocenters. The lowest BCUT2D eigenvalue weighted by atomic mass is 10.4. The molecule has 0 aliphatic rings. The third-order valence-electron chi connectivity index (χ3n) is 1.53. The third kappa shape index (κ3) is 7.38. The number of carbonyl (C=O) groups excluding carboxylic acids is 1. The fourth-order valence-electron chi connectivity index (χ4n) is 0.960. The van der Waals surface area contributed by atoms with Crippen LogP contribution in [-0.4, -0.2) is 46.2 Å². The van der Waals surface area contributed by atoms with Crippen LogP contribution in [0.2, 0.25) is 0 Å². The second-order valence-corrected chi connectivity index (χ2v) is 3.98. The molecule has 0 fully saturated rings. The van der Waals surface area contributed by atoms with Gasteiger partial charge < -0.3 is 10.0 Å². The molecule has 0 rings (SSSR count). The van der Waals surface area contributed by atoms with Gasteiger partial charge in [0.2, 0.25) is 5.91 Å². The molecule has 0 aliphatic carbocycles. The molecule has 8 heteroatoms. The molecular formula is C8H12F3NO3S. The number of hydrogen-bond donors (Lipinski definition) is 1. The SMILES string of the molecule is CCCN(CC(=O)O)C(=O)CSC(F)(F)F. The summed E-state index contributed by atoms with van der Waals surface area (Å²) >= 11 is -0.461. The maximum atomic E-state index is 11.8. The van der Waals surface area contributed by atoms with Crippen molar-refractivity contribution >= 4 is 23.6 Å². The summed E-state index contributed by atoms with van der Waals surface area (Å²) in [5.74, 6) is -2.83. The van der Waals surface area contributed by atoms with Crippen LogP contribution in [0.25, 0.3) is 0 Å². The summed E-state index contributed by atoms with van der Waals surface area (Å²) in [6.07, 6.45) is 0.496. The van der Waals surface area contributed by atoms with Crippen molar-refractivity contribution in [2.24, 2.45) is 0 Å². The number of hydrogen-bond acceptors (Lipinski definition) is 3. The minimum atomic E-state index is -4.48. The fourth-order valence-corrected chi connectivity index (χ4v) is 1.43. The van der Waals surface area contributed by atoms with E-state index in [2.05, 4.69) is 0 Å². The molecule has 0 aliphatic heterocycles. The van der Waals surface area contributed by atoms with E-state index < -0.39 is 41.4 Å². The monoisotopic (exact) mass is 259 g/mol. The maximum absolute atomic E-state index is 11.8. The summed E-state index contributed by atoms with van der Waals surface area (Å²) in [7, 11) is 0. The van der Waals surface area contributed by atoms with Gasteiger partial charge in [-0.25, -0.2) is 0 Å². The van der Waals surface area contributed by atoms with E-state index in [4.69, 9.17) is 5.11 Å². The zero-order chi connectivity index (χ0) is 12.8. The van der Waals surface area contributed by atoms with E-state index in [0.717, 1.165) is 4.90 Å². The summed E-state index contributed by atoms with van der Waals surface area (Å²) in [5.41, 5.74) is -4.48. The number of amides is 1. The minimum Gasteiger partial charge on any atom is -0.480 e. The summed E-state index contributed by atoms with van der Waals surface area (Å²) in [4.78, 5) is 22.5. The van der Waals surface area contributed by atoms with E-state index in [0.29, 0.717) is 6.42 Å². The average molecular weight is 259 g/mol. The van der Waals surface area contributed by atoms with Gasteiger partial charge in [0.1, 0.15) is 6.54 Å². The normalized spacial score (nSPS) is 11.2. The lowest BCUT2D eigenvalue weighted by Crippen LogP contribution is -2.37. The van der Waals surface area contributed by atoms with Gasteiger partial charge in [-0.2, -0.15) is 13.2 Å². The molecule has 1 N–H and O–H groups in total. The lowest BCUT2D eigenvalue weighted by Gasteiger charge is -2.19. The Labute approximate surface area is 94.8 Å². The average Bonchev–Trinajstić information content (AvgIpc) is 2.11. The van der Waals surface area contributed by atoms with Crippen LogP contribution < -0.4 is 0 Å². The van der Waals surface area contributed by atoms with Gasteiger partial charge in [0.05, 0.1) is 5.75 Å². The molecule has 94 valence electrons. The smallest absolute Gasteiger partial charge is 0.442 e. The molecule has 4 nitrogen and oxygen atoms in total. The molecule has 0 saturated heterocycles. The Morgan fingerprint density at radius 2 is 1.94 bits per heavy atom. The largest absolute Gasteiger partial charge is 0.480 e. The predicted molar refractivity (Wildman–Crippen MR) is 53.0 cm³/mol. The van der Waals surface area contributed by atoms with Crippen molar-refractivity contribution in [3.63, 3.8) is 0 Å². The van der Waals surface area contributed by atoms with E-state index in [-0.39, 0.29) is 6.54 Å². The molecule has 16 heavy (non-hydrogen) atoms. The van der Waals surface area contributed by atoms with Crippen LogP contribution in [0.1, 0.15) is 13.3 Å². The minimum absolute atomic E-state index is 0.142. The van der Waals surface area contributed by atoms with E-state index in [1.54, 1.807) is 6.92 Å². The maximum Gasteiger partial charge on any atom is 0.442 e. The molecule has 0 radical (unpaired) electrons.